The molecule has 54 valence electrons. The summed E-state index contributed by atoms with van der Waals surface area (Å²) in [5.74, 6) is 1.29. The van der Waals surface area contributed by atoms with E-state index in [-0.39, 0.29) is 0 Å². The Balaban J connectivity index is 2.75. The largest absolute Gasteiger partial charge is 0.134 e. The van der Waals surface area contributed by atoms with Gasteiger partial charge in [-0.15, -0.1) is 11.8 Å². The van der Waals surface area contributed by atoms with Gasteiger partial charge in [-0.1, -0.05) is 42.4 Å². The van der Waals surface area contributed by atoms with Crippen molar-refractivity contribution in [2.24, 2.45) is 0 Å². The lowest BCUT2D eigenvalue weighted by Crippen LogP contribution is -1.75. The van der Waals surface area contributed by atoms with Gasteiger partial charge in [0.05, 0.1) is 0 Å². The van der Waals surface area contributed by atoms with E-state index >= 15 is 0 Å². The van der Waals surface area contributed by atoms with Crippen LogP contribution in [-0.4, -0.2) is 5.75 Å². The molecule has 0 saturated heterocycles. The lowest BCUT2D eigenvalue weighted by molar-refractivity contribution is 0.779. The lowest BCUT2D eigenvalue weighted by Gasteiger charge is -1.92. The highest BCUT2D eigenvalue weighted by molar-refractivity contribution is 14.1. The van der Waals surface area contributed by atoms with E-state index in [1.54, 1.807) is 0 Å². The molecule has 0 fully saturated rings. The lowest BCUT2D eigenvalue weighted by atomic mass is 10.3. The Bertz CT molecular complexity index is 71.3. The van der Waals surface area contributed by atoms with Gasteiger partial charge in [0.25, 0.3) is 0 Å². The SMILES string of the molecule is CCCCCS/C=C/I. The van der Waals surface area contributed by atoms with E-state index in [4.69, 9.17) is 0 Å². The van der Waals surface area contributed by atoms with Crippen molar-refractivity contribution in [3.8, 4) is 0 Å². The average molecular weight is 256 g/mol. The van der Waals surface area contributed by atoms with Gasteiger partial charge >= 0.3 is 0 Å². The number of unbranched alkanes of at least 4 members (excludes halogenated alkanes) is 2. The fourth-order valence-corrected chi connectivity index (χ4v) is 1.74. The van der Waals surface area contributed by atoms with Crippen molar-refractivity contribution in [3.63, 3.8) is 0 Å². The van der Waals surface area contributed by atoms with Crippen LogP contribution in [0, 0.1) is 0 Å². The topological polar surface area (TPSA) is 0 Å². The Morgan fingerprint density at radius 2 is 2.22 bits per heavy atom. The molecule has 0 aliphatic rings. The summed E-state index contributed by atoms with van der Waals surface area (Å²) in [6.45, 7) is 2.23. The molecule has 0 radical (unpaired) electrons. The maximum absolute atomic E-state index is 2.25. The van der Waals surface area contributed by atoms with Crippen molar-refractivity contribution in [2.75, 3.05) is 5.75 Å². The normalized spacial score (nSPS) is 10.9. The van der Waals surface area contributed by atoms with E-state index in [9.17, 15) is 0 Å². The van der Waals surface area contributed by atoms with Gasteiger partial charge in [-0.3, -0.25) is 0 Å². The van der Waals surface area contributed by atoms with Crippen molar-refractivity contribution in [3.05, 3.63) is 9.49 Å². The van der Waals surface area contributed by atoms with Gasteiger partial charge in [-0.25, -0.2) is 0 Å². The van der Waals surface area contributed by atoms with Gasteiger partial charge in [0.15, 0.2) is 0 Å². The first-order chi connectivity index (χ1) is 4.41. The molecule has 0 bridgehead atoms. The van der Waals surface area contributed by atoms with E-state index in [1.165, 1.54) is 25.0 Å². The molecular formula is C7H13IS. The van der Waals surface area contributed by atoms with Crippen molar-refractivity contribution in [2.45, 2.75) is 26.2 Å². The zero-order valence-corrected chi connectivity index (χ0v) is 8.74. The first-order valence-electron chi connectivity index (χ1n) is 3.28. The van der Waals surface area contributed by atoms with Gasteiger partial charge in [-0.05, 0) is 21.7 Å². The molecule has 0 aliphatic carbocycles. The van der Waals surface area contributed by atoms with Gasteiger partial charge in [-0.2, -0.15) is 0 Å². The number of halogens is 1. The standard InChI is InChI=1S/C7H13IS/c1-2-3-4-6-9-7-5-8/h5,7H,2-4,6H2,1H3/b7-5+. The van der Waals surface area contributed by atoms with Crippen LogP contribution in [0.4, 0.5) is 0 Å². The number of hydrogen-bond donors (Lipinski definition) is 0. The van der Waals surface area contributed by atoms with E-state index in [1.807, 2.05) is 11.8 Å². The summed E-state index contributed by atoms with van der Waals surface area (Å²) in [7, 11) is 0. The molecule has 0 nitrogen and oxygen atoms in total. The number of rotatable bonds is 5. The Hall–Kier alpha value is 0.820. The minimum Gasteiger partial charge on any atom is -0.134 e. The smallest absolute Gasteiger partial charge is 0.00258 e. The summed E-state index contributed by atoms with van der Waals surface area (Å²) in [4.78, 5) is 0. The molecular weight excluding hydrogens is 243 g/mol. The number of thioether (sulfide) groups is 1. The third-order valence-corrected chi connectivity index (χ3v) is 2.71. The number of hydrogen-bond acceptors (Lipinski definition) is 1. The summed E-state index contributed by atoms with van der Waals surface area (Å²) in [5.41, 5.74) is 0. The highest BCUT2D eigenvalue weighted by Crippen LogP contribution is 2.08. The minimum atomic E-state index is 1.29. The van der Waals surface area contributed by atoms with Crippen LogP contribution in [0.25, 0.3) is 0 Å². The maximum Gasteiger partial charge on any atom is -0.00258 e. The third-order valence-electron chi connectivity index (χ3n) is 1.01. The van der Waals surface area contributed by atoms with E-state index in [0.717, 1.165) is 0 Å². The van der Waals surface area contributed by atoms with Crippen molar-refractivity contribution in [1.82, 2.24) is 0 Å². The summed E-state index contributed by atoms with van der Waals surface area (Å²) in [6.07, 6.45) is 4.07. The molecule has 0 amide bonds. The van der Waals surface area contributed by atoms with E-state index in [2.05, 4.69) is 39.0 Å². The van der Waals surface area contributed by atoms with Crippen LogP contribution in [0.5, 0.6) is 0 Å². The van der Waals surface area contributed by atoms with Gasteiger partial charge < -0.3 is 0 Å². The Morgan fingerprint density at radius 3 is 2.78 bits per heavy atom. The predicted octanol–water partition coefficient (Wildman–Crippen LogP) is 3.82. The molecule has 0 atom stereocenters. The molecule has 0 saturated carbocycles. The second-order valence-corrected chi connectivity index (χ2v) is 3.57. The monoisotopic (exact) mass is 256 g/mol. The molecule has 0 aromatic heterocycles. The molecule has 0 rings (SSSR count). The first kappa shape index (κ1) is 9.82. The molecule has 0 heterocycles. The first-order valence-corrected chi connectivity index (χ1v) is 5.58. The van der Waals surface area contributed by atoms with Crippen LogP contribution in [-0.2, 0) is 0 Å². The molecule has 0 aliphatic heterocycles. The molecule has 0 aromatic carbocycles. The van der Waals surface area contributed by atoms with Crippen molar-refractivity contribution >= 4 is 34.4 Å². The van der Waals surface area contributed by atoms with Crippen molar-refractivity contribution in [1.29, 1.82) is 0 Å². The predicted molar refractivity (Wildman–Crippen MR) is 55.1 cm³/mol. The van der Waals surface area contributed by atoms with E-state index < -0.39 is 0 Å². The zero-order valence-electron chi connectivity index (χ0n) is 5.77. The van der Waals surface area contributed by atoms with Crippen LogP contribution in [0.3, 0.4) is 0 Å². The quantitative estimate of drug-likeness (QED) is 0.532. The van der Waals surface area contributed by atoms with Crippen LogP contribution in [0.15, 0.2) is 9.49 Å². The fourth-order valence-electron chi connectivity index (χ4n) is 0.540. The Labute approximate surface area is 75.6 Å². The summed E-state index contributed by atoms with van der Waals surface area (Å²) in [5, 5.41) is 2.15. The molecule has 0 unspecified atom stereocenters. The van der Waals surface area contributed by atoms with Crippen LogP contribution >= 0.6 is 34.4 Å². The van der Waals surface area contributed by atoms with Crippen molar-refractivity contribution < 1.29 is 0 Å². The second-order valence-electron chi connectivity index (χ2n) is 1.84. The highest BCUT2D eigenvalue weighted by atomic mass is 127. The molecule has 0 aromatic rings. The second kappa shape index (κ2) is 8.82. The zero-order chi connectivity index (χ0) is 6.95. The highest BCUT2D eigenvalue weighted by Gasteiger charge is 1.82. The molecule has 9 heavy (non-hydrogen) atoms. The molecule has 2 heteroatoms. The third kappa shape index (κ3) is 8.82. The average Bonchev–Trinajstić information content (AvgIpc) is 1.89. The van der Waals surface area contributed by atoms with Crippen LogP contribution in [0.2, 0.25) is 0 Å². The van der Waals surface area contributed by atoms with Crippen LogP contribution < -0.4 is 0 Å². The maximum atomic E-state index is 2.25. The van der Waals surface area contributed by atoms with Crippen LogP contribution in [0.1, 0.15) is 26.2 Å². The molecule has 0 N–H and O–H groups in total. The minimum absolute atomic E-state index is 1.29. The summed E-state index contributed by atoms with van der Waals surface area (Å²) in [6, 6.07) is 0. The van der Waals surface area contributed by atoms with Gasteiger partial charge in [0, 0.05) is 0 Å². The Kier molecular flexibility index (Phi) is 9.62. The van der Waals surface area contributed by atoms with Gasteiger partial charge in [0.2, 0.25) is 0 Å². The fraction of sp³-hybridized carbons (Fsp3) is 0.714. The summed E-state index contributed by atoms with van der Waals surface area (Å²) >= 11 is 4.15. The summed E-state index contributed by atoms with van der Waals surface area (Å²) < 4.78 is 2.06. The Morgan fingerprint density at radius 1 is 1.44 bits per heavy atom. The van der Waals surface area contributed by atoms with E-state index in [0.29, 0.717) is 0 Å². The molecule has 0 spiro atoms. The van der Waals surface area contributed by atoms with Gasteiger partial charge in [0.1, 0.15) is 0 Å².